The Hall–Kier alpha value is -3.02. The van der Waals surface area contributed by atoms with Gasteiger partial charge in [-0.1, -0.05) is 0 Å². The molecule has 0 atom stereocenters. The van der Waals surface area contributed by atoms with Gasteiger partial charge in [-0.15, -0.1) is 0 Å². The Bertz CT molecular complexity index is 770. The Balaban J connectivity index is 1.64. The number of pyridine rings is 2. The maximum Gasteiger partial charge on any atom is 0.134 e. The molecule has 0 saturated carbocycles. The Morgan fingerprint density at radius 1 is 0.704 bits per heavy atom. The van der Waals surface area contributed by atoms with Crippen molar-refractivity contribution >= 4 is 11.6 Å². The van der Waals surface area contributed by atoms with E-state index in [0.717, 1.165) is 43.4 Å². The lowest BCUT2D eigenvalue weighted by Gasteiger charge is -2.23. The molecule has 0 aliphatic heterocycles. The van der Waals surface area contributed by atoms with E-state index < -0.39 is 0 Å². The van der Waals surface area contributed by atoms with Crippen LogP contribution in [0.15, 0.2) is 55.1 Å². The van der Waals surface area contributed by atoms with Gasteiger partial charge in [-0.3, -0.25) is 9.97 Å². The van der Waals surface area contributed by atoms with Crippen LogP contribution >= 0.6 is 0 Å². The lowest BCUT2D eigenvalue weighted by molar-refractivity contribution is 0.824. The Labute approximate surface area is 160 Å². The van der Waals surface area contributed by atoms with Gasteiger partial charge in [0.2, 0.25) is 0 Å². The van der Waals surface area contributed by atoms with E-state index in [9.17, 15) is 0 Å². The van der Waals surface area contributed by atoms with Crippen molar-refractivity contribution in [2.75, 3.05) is 37.0 Å². The van der Waals surface area contributed by atoms with E-state index in [4.69, 9.17) is 0 Å². The summed E-state index contributed by atoms with van der Waals surface area (Å²) in [7, 11) is 4.15. The van der Waals surface area contributed by atoms with Crippen molar-refractivity contribution in [2.45, 2.75) is 19.8 Å². The van der Waals surface area contributed by atoms with Gasteiger partial charge < -0.3 is 9.80 Å². The van der Waals surface area contributed by atoms with Crippen molar-refractivity contribution in [1.82, 2.24) is 19.9 Å². The standard InChI is InChI=1S/C21H26N6/c1-17-24-20(26(2)14-8-18-4-10-22-11-5-18)16-21(25-17)27(3)15-9-19-6-12-23-13-7-19/h4-7,10-13,16H,8-9,14-15H2,1-3H3. The second-order valence-corrected chi connectivity index (χ2v) is 6.69. The van der Waals surface area contributed by atoms with Crippen molar-refractivity contribution in [3.63, 3.8) is 0 Å². The molecule has 0 unspecified atom stereocenters. The summed E-state index contributed by atoms with van der Waals surface area (Å²) in [5, 5.41) is 0. The third kappa shape index (κ3) is 5.48. The summed E-state index contributed by atoms with van der Waals surface area (Å²) in [5.41, 5.74) is 2.55. The topological polar surface area (TPSA) is 58.0 Å². The third-order valence-electron chi connectivity index (χ3n) is 4.56. The fourth-order valence-corrected chi connectivity index (χ4v) is 2.85. The van der Waals surface area contributed by atoms with E-state index in [1.54, 1.807) is 0 Å². The van der Waals surface area contributed by atoms with Gasteiger partial charge in [0, 0.05) is 58.0 Å². The van der Waals surface area contributed by atoms with Gasteiger partial charge in [-0.25, -0.2) is 9.97 Å². The smallest absolute Gasteiger partial charge is 0.134 e. The molecule has 3 aromatic heterocycles. The predicted molar refractivity (Wildman–Crippen MR) is 109 cm³/mol. The molecule has 140 valence electrons. The van der Waals surface area contributed by atoms with E-state index in [1.165, 1.54) is 11.1 Å². The molecule has 3 rings (SSSR count). The Kier molecular flexibility index (Phi) is 6.30. The summed E-state index contributed by atoms with van der Waals surface area (Å²) >= 11 is 0. The maximum absolute atomic E-state index is 4.61. The summed E-state index contributed by atoms with van der Waals surface area (Å²) in [6.07, 6.45) is 9.24. The highest BCUT2D eigenvalue weighted by atomic mass is 15.2. The zero-order valence-electron chi connectivity index (χ0n) is 16.2. The van der Waals surface area contributed by atoms with Crippen LogP contribution in [0.25, 0.3) is 0 Å². The number of rotatable bonds is 8. The molecule has 0 aliphatic carbocycles. The van der Waals surface area contributed by atoms with Crippen molar-refractivity contribution in [2.24, 2.45) is 0 Å². The lowest BCUT2D eigenvalue weighted by Crippen LogP contribution is -2.25. The molecule has 0 bridgehead atoms. The molecule has 0 saturated heterocycles. The minimum atomic E-state index is 0.786. The van der Waals surface area contributed by atoms with Crippen molar-refractivity contribution in [1.29, 1.82) is 0 Å². The fourth-order valence-electron chi connectivity index (χ4n) is 2.85. The molecule has 3 aromatic rings. The average molecular weight is 362 g/mol. The number of anilines is 2. The largest absolute Gasteiger partial charge is 0.359 e. The zero-order valence-corrected chi connectivity index (χ0v) is 16.2. The van der Waals surface area contributed by atoms with E-state index in [0.29, 0.717) is 0 Å². The number of hydrogen-bond acceptors (Lipinski definition) is 6. The minimum absolute atomic E-state index is 0.786. The monoisotopic (exact) mass is 362 g/mol. The predicted octanol–water partition coefficient (Wildman–Crippen LogP) is 2.93. The number of hydrogen-bond donors (Lipinski definition) is 0. The fraction of sp³-hybridized carbons (Fsp3) is 0.333. The van der Waals surface area contributed by atoms with Crippen LogP contribution in [0.5, 0.6) is 0 Å². The van der Waals surface area contributed by atoms with Gasteiger partial charge in [0.25, 0.3) is 0 Å². The molecule has 0 fully saturated rings. The normalized spacial score (nSPS) is 10.6. The van der Waals surface area contributed by atoms with Crippen LogP contribution in [-0.2, 0) is 12.8 Å². The van der Waals surface area contributed by atoms with Crippen LogP contribution in [0, 0.1) is 6.92 Å². The molecular weight excluding hydrogens is 336 g/mol. The van der Waals surface area contributed by atoms with E-state index in [1.807, 2.05) is 31.7 Å². The van der Waals surface area contributed by atoms with Gasteiger partial charge in [-0.2, -0.15) is 0 Å². The number of nitrogens with zero attached hydrogens (tertiary/aromatic N) is 6. The van der Waals surface area contributed by atoms with Crippen molar-refractivity contribution < 1.29 is 0 Å². The number of aryl methyl sites for hydroxylation is 1. The Morgan fingerprint density at radius 3 is 1.52 bits per heavy atom. The van der Waals surface area contributed by atoms with Crippen molar-refractivity contribution in [3.8, 4) is 0 Å². The van der Waals surface area contributed by atoms with Crippen molar-refractivity contribution in [3.05, 3.63) is 72.1 Å². The van der Waals surface area contributed by atoms with Gasteiger partial charge in [0.1, 0.15) is 17.5 Å². The molecule has 0 spiro atoms. The van der Waals surface area contributed by atoms with Crippen LogP contribution in [0.4, 0.5) is 11.6 Å². The first-order chi connectivity index (χ1) is 13.1. The van der Waals surface area contributed by atoms with Gasteiger partial charge in [-0.05, 0) is 55.2 Å². The summed E-state index contributed by atoms with van der Waals surface area (Å²) < 4.78 is 0. The molecule has 3 heterocycles. The summed E-state index contributed by atoms with van der Waals surface area (Å²) in [4.78, 5) is 21.7. The zero-order chi connectivity index (χ0) is 19.1. The van der Waals surface area contributed by atoms with E-state index in [-0.39, 0.29) is 0 Å². The van der Waals surface area contributed by atoms with Gasteiger partial charge in [0.05, 0.1) is 0 Å². The molecule has 27 heavy (non-hydrogen) atoms. The number of likely N-dealkylation sites (N-methyl/N-ethyl adjacent to an activating group) is 2. The molecule has 0 radical (unpaired) electrons. The van der Waals surface area contributed by atoms with Gasteiger partial charge in [0.15, 0.2) is 0 Å². The maximum atomic E-state index is 4.61. The van der Waals surface area contributed by atoms with Crippen LogP contribution in [0.1, 0.15) is 17.0 Å². The molecule has 0 amide bonds. The quantitative estimate of drug-likeness (QED) is 0.614. The summed E-state index contributed by atoms with van der Waals surface area (Å²) in [6, 6.07) is 10.3. The first kappa shape index (κ1) is 18.8. The highest BCUT2D eigenvalue weighted by Gasteiger charge is 2.10. The molecule has 0 aromatic carbocycles. The molecule has 0 N–H and O–H groups in total. The average Bonchev–Trinajstić information content (AvgIpc) is 2.71. The highest BCUT2D eigenvalue weighted by molar-refractivity contribution is 5.50. The van der Waals surface area contributed by atoms with E-state index in [2.05, 4.69) is 74.2 Å². The van der Waals surface area contributed by atoms with E-state index >= 15 is 0 Å². The van der Waals surface area contributed by atoms with Crippen LogP contribution in [0.3, 0.4) is 0 Å². The molecular formula is C21H26N6. The van der Waals surface area contributed by atoms with Gasteiger partial charge >= 0.3 is 0 Å². The summed E-state index contributed by atoms with van der Waals surface area (Å²) in [6.45, 7) is 3.72. The molecule has 6 heteroatoms. The lowest BCUT2D eigenvalue weighted by atomic mass is 10.2. The molecule has 6 nitrogen and oxygen atoms in total. The first-order valence-corrected chi connectivity index (χ1v) is 9.17. The second-order valence-electron chi connectivity index (χ2n) is 6.69. The highest BCUT2D eigenvalue weighted by Crippen LogP contribution is 2.18. The Morgan fingerprint density at radius 2 is 1.11 bits per heavy atom. The molecule has 0 aliphatic rings. The van der Waals surface area contributed by atoms with Crippen LogP contribution in [0.2, 0.25) is 0 Å². The number of aromatic nitrogens is 4. The summed E-state index contributed by atoms with van der Waals surface area (Å²) in [5.74, 6) is 2.68. The van der Waals surface area contributed by atoms with Crippen LogP contribution in [-0.4, -0.2) is 47.1 Å². The second kappa shape index (κ2) is 9.07. The van der Waals surface area contributed by atoms with Crippen LogP contribution < -0.4 is 9.80 Å². The third-order valence-corrected chi connectivity index (χ3v) is 4.56. The SMILES string of the molecule is Cc1nc(N(C)CCc2ccncc2)cc(N(C)CCc2ccncc2)n1. The first-order valence-electron chi connectivity index (χ1n) is 9.17. The minimum Gasteiger partial charge on any atom is -0.359 e.